The monoisotopic (exact) mass is 808 g/mol. The second kappa shape index (κ2) is 45.4. The minimum absolute atomic E-state index is 0.119. The van der Waals surface area contributed by atoms with E-state index in [-0.39, 0.29) is 18.5 Å². The number of esters is 2. The zero-order valence-corrected chi connectivity index (χ0v) is 37.0. The van der Waals surface area contributed by atoms with E-state index in [1.54, 1.807) is 0 Å². The molecule has 0 saturated heterocycles. The van der Waals surface area contributed by atoms with Gasteiger partial charge in [-0.3, -0.25) is 23.2 Å². The van der Waals surface area contributed by atoms with Gasteiger partial charge in [0.1, 0.15) is 13.2 Å². The van der Waals surface area contributed by atoms with Crippen molar-refractivity contribution in [1.29, 1.82) is 0 Å². The molecule has 0 aliphatic rings. The lowest BCUT2D eigenvalue weighted by Gasteiger charge is -2.21. The van der Waals surface area contributed by atoms with Crippen LogP contribution in [0.3, 0.4) is 0 Å². The molecule has 330 valence electrons. The average Bonchev–Trinajstić information content (AvgIpc) is 3.16. The molecule has 0 unspecified atom stereocenters. The largest absolute Gasteiger partial charge is 0.464 e. The third kappa shape index (κ3) is 50.7. The third-order valence-corrected chi connectivity index (χ3v) is 10.6. The molecule has 0 rings (SSSR count). The average molecular weight is 808 g/mol. The molecular weight excluding hydrogens is 719 g/mol. The van der Waals surface area contributed by atoms with Crippen LogP contribution >= 0.6 is 0 Å². The van der Waals surface area contributed by atoms with Crippen molar-refractivity contribution >= 4 is 22.3 Å². The van der Waals surface area contributed by atoms with E-state index in [2.05, 4.69) is 22.9 Å². The molecule has 0 atom stereocenters. The van der Waals surface area contributed by atoms with Crippen LogP contribution in [0, 0.1) is 0 Å². The molecule has 2 N–H and O–H groups in total. The van der Waals surface area contributed by atoms with Gasteiger partial charge in [-0.25, -0.2) is 0 Å². The zero-order chi connectivity index (χ0) is 40.9. The van der Waals surface area contributed by atoms with Crippen LogP contribution in [0.1, 0.15) is 226 Å². The lowest BCUT2D eigenvalue weighted by atomic mass is 10.0. The van der Waals surface area contributed by atoms with Crippen molar-refractivity contribution in [3.63, 3.8) is 0 Å². The molecule has 0 fully saturated rings. The summed E-state index contributed by atoms with van der Waals surface area (Å²) < 4.78 is 40.7. The highest BCUT2D eigenvalue weighted by molar-refractivity contribution is 7.80. The van der Waals surface area contributed by atoms with Gasteiger partial charge in [0.05, 0.1) is 7.11 Å². The first kappa shape index (κ1) is 55.8. The van der Waals surface area contributed by atoms with Crippen LogP contribution < -0.4 is 0 Å². The number of ether oxygens (including phenoxy) is 2. The van der Waals surface area contributed by atoms with Gasteiger partial charge in [0.2, 0.25) is 0 Å². The molecule has 0 bridgehead atoms. The number of carbonyl (C=O) groups excluding carboxylic acids is 2. The second-order valence-corrected chi connectivity index (χ2v) is 16.5. The number of aliphatic hydroxyl groups is 1. The Hall–Kier alpha value is -1.27. The van der Waals surface area contributed by atoms with E-state index >= 15 is 0 Å². The predicted molar refractivity (Wildman–Crippen MR) is 228 cm³/mol. The van der Waals surface area contributed by atoms with E-state index in [1.807, 2.05) is 0 Å². The van der Waals surface area contributed by atoms with Gasteiger partial charge >= 0.3 is 22.3 Å². The molecule has 55 heavy (non-hydrogen) atoms. The van der Waals surface area contributed by atoms with E-state index in [1.165, 1.54) is 167 Å². The molecule has 0 saturated carbocycles. The van der Waals surface area contributed by atoms with Gasteiger partial charge in [0.25, 0.3) is 0 Å². The van der Waals surface area contributed by atoms with E-state index < -0.39 is 10.4 Å². The van der Waals surface area contributed by atoms with Crippen molar-refractivity contribution in [2.45, 2.75) is 226 Å². The maximum Gasteiger partial charge on any atom is 0.397 e. The molecule has 0 amide bonds. The second-order valence-electron chi connectivity index (χ2n) is 15.4. The summed E-state index contributed by atoms with van der Waals surface area (Å²) in [5, 5.41) is 9.27. The molecular formula is C44H89NO9S. The first-order valence-corrected chi connectivity index (χ1v) is 24.2. The Morgan fingerprint density at radius 3 is 0.945 bits per heavy atom. The number of nitrogens with zero attached hydrogens (tertiary/aromatic N) is 1. The van der Waals surface area contributed by atoms with Gasteiger partial charge in [0.15, 0.2) is 0 Å². The van der Waals surface area contributed by atoms with E-state index in [9.17, 15) is 23.1 Å². The maximum atomic E-state index is 12.2. The molecule has 0 aromatic rings. The van der Waals surface area contributed by atoms with Crippen LogP contribution in [0.5, 0.6) is 0 Å². The Labute approximate surface area is 339 Å². The Morgan fingerprint density at radius 2 is 0.709 bits per heavy atom. The van der Waals surface area contributed by atoms with Crippen molar-refractivity contribution in [3.8, 4) is 0 Å². The number of carbonyl (C=O) groups is 2. The molecule has 0 radical (unpaired) electrons. The fourth-order valence-corrected chi connectivity index (χ4v) is 6.63. The molecule has 10 nitrogen and oxygen atoms in total. The van der Waals surface area contributed by atoms with Gasteiger partial charge in [-0.15, -0.1) is 0 Å². The summed E-state index contributed by atoms with van der Waals surface area (Å²) in [4.78, 5) is 26.5. The molecule has 0 spiro atoms. The van der Waals surface area contributed by atoms with Crippen molar-refractivity contribution in [1.82, 2.24) is 4.90 Å². The lowest BCUT2D eigenvalue weighted by Crippen LogP contribution is -2.33. The summed E-state index contributed by atoms with van der Waals surface area (Å²) in [7, 11) is -3.29. The molecule has 0 aliphatic carbocycles. The maximum absolute atomic E-state index is 12.2. The van der Waals surface area contributed by atoms with Crippen molar-refractivity contribution < 1.29 is 41.3 Å². The Bertz CT molecular complexity index is 852. The van der Waals surface area contributed by atoms with Crippen LogP contribution in [0.4, 0.5) is 0 Å². The summed E-state index contributed by atoms with van der Waals surface area (Å²) in [6, 6.07) is 0. The Kier molecular flexibility index (Phi) is 46.1. The quantitative estimate of drug-likeness (QED) is 0.0348. The highest BCUT2D eigenvalue weighted by Gasteiger charge is 2.10. The third-order valence-electron chi connectivity index (χ3n) is 10.2. The van der Waals surface area contributed by atoms with E-state index in [0.29, 0.717) is 52.1 Å². The Balaban J connectivity index is 0. The van der Waals surface area contributed by atoms with E-state index in [4.69, 9.17) is 14.0 Å². The topological polar surface area (TPSA) is 140 Å². The standard InChI is InChI=1S/C43H85NO5.CH4O4S/c1-3-5-7-9-11-13-15-17-19-21-23-25-27-29-31-34-42(46)48-40-37-44(36-33-39-45)38-41-49-43(47)35-32-30-28-26-24-22-20-18-16-14-12-10-8-6-4-2;1-5-6(2,3)4/h45H,3-41H2,1-2H3;1H3,(H,2,3,4). The summed E-state index contributed by atoms with van der Waals surface area (Å²) in [5.74, 6) is -0.238. The first-order valence-electron chi connectivity index (χ1n) is 22.9. The minimum Gasteiger partial charge on any atom is -0.464 e. The zero-order valence-electron chi connectivity index (χ0n) is 36.2. The highest BCUT2D eigenvalue weighted by atomic mass is 32.3. The summed E-state index contributed by atoms with van der Waals surface area (Å²) in [5.41, 5.74) is 0. The smallest absolute Gasteiger partial charge is 0.397 e. The fraction of sp³-hybridized carbons (Fsp3) is 0.955. The lowest BCUT2D eigenvalue weighted by molar-refractivity contribution is -0.144. The van der Waals surface area contributed by atoms with Gasteiger partial charge in [-0.2, -0.15) is 8.42 Å². The normalized spacial score (nSPS) is 11.5. The fourth-order valence-electron chi connectivity index (χ4n) is 6.63. The van der Waals surface area contributed by atoms with E-state index in [0.717, 1.165) is 32.8 Å². The van der Waals surface area contributed by atoms with Gasteiger partial charge in [-0.1, -0.05) is 194 Å². The molecule has 0 heterocycles. The number of unbranched alkanes of at least 4 members (excludes halogenated alkanes) is 28. The SMILES string of the molecule is CCCCCCCCCCCCCCCCCC(=O)OCCN(CCCO)CCOC(=O)CCCCCCCCCCCCCCCCC.COS(=O)(=O)O. The summed E-state index contributed by atoms with van der Waals surface area (Å²) in [6.45, 7) is 7.25. The molecule has 11 heteroatoms. The van der Waals surface area contributed by atoms with Crippen molar-refractivity contribution in [2.24, 2.45) is 0 Å². The summed E-state index contributed by atoms with van der Waals surface area (Å²) in [6.07, 6.45) is 41.1. The van der Waals surface area contributed by atoms with Crippen LogP contribution in [0.25, 0.3) is 0 Å². The Morgan fingerprint density at radius 1 is 0.455 bits per heavy atom. The predicted octanol–water partition coefficient (Wildman–Crippen LogP) is 11.7. The van der Waals surface area contributed by atoms with Crippen LogP contribution in [0.2, 0.25) is 0 Å². The number of aliphatic hydroxyl groups excluding tert-OH is 1. The number of hydrogen-bond donors (Lipinski definition) is 2. The number of hydrogen-bond acceptors (Lipinski definition) is 9. The minimum atomic E-state index is -4.16. The van der Waals surface area contributed by atoms with Crippen molar-refractivity contribution in [2.75, 3.05) is 46.6 Å². The number of rotatable bonds is 42. The van der Waals surface area contributed by atoms with Crippen LogP contribution in [0.15, 0.2) is 0 Å². The molecule has 0 aliphatic heterocycles. The van der Waals surface area contributed by atoms with Gasteiger partial charge in [-0.05, 0) is 19.3 Å². The van der Waals surface area contributed by atoms with Gasteiger partial charge < -0.3 is 14.6 Å². The summed E-state index contributed by atoms with van der Waals surface area (Å²) >= 11 is 0. The highest BCUT2D eigenvalue weighted by Crippen LogP contribution is 2.15. The first-order chi connectivity index (χ1) is 26.7. The van der Waals surface area contributed by atoms with Crippen LogP contribution in [-0.2, 0) is 33.6 Å². The molecule has 0 aromatic heterocycles. The van der Waals surface area contributed by atoms with Crippen molar-refractivity contribution in [3.05, 3.63) is 0 Å². The molecule has 0 aromatic carbocycles. The van der Waals surface area contributed by atoms with Gasteiger partial charge in [0, 0.05) is 39.1 Å². The van der Waals surface area contributed by atoms with Crippen LogP contribution in [-0.4, -0.2) is 81.5 Å².